The number of carbonyl (C=O) groups is 1. The first-order valence-corrected chi connectivity index (χ1v) is 12.0. The van der Waals surface area contributed by atoms with Crippen LogP contribution in [0, 0.1) is 0 Å². The molecule has 0 spiro atoms. The molecule has 1 atom stereocenters. The van der Waals surface area contributed by atoms with Crippen molar-refractivity contribution in [2.75, 3.05) is 30.3 Å². The van der Waals surface area contributed by atoms with E-state index in [1.165, 1.54) is 12.1 Å². The Morgan fingerprint density at radius 2 is 1.81 bits per heavy atom. The first kappa shape index (κ1) is 26.5. The molecule has 2 aromatic rings. The Kier molecular flexibility index (Phi) is 9.44. The lowest BCUT2D eigenvalue weighted by molar-refractivity contribution is 0.262. The molecule has 1 aliphatic rings. The maximum Gasteiger partial charge on any atom is 0.323 e. The van der Waals surface area contributed by atoms with E-state index in [1.807, 2.05) is 6.92 Å². The number of urea groups is 1. The van der Waals surface area contributed by atoms with E-state index in [1.54, 1.807) is 24.3 Å². The van der Waals surface area contributed by atoms with Gasteiger partial charge in [-0.1, -0.05) is 42.3 Å². The quantitative estimate of drug-likeness (QED) is 0.399. The zero-order chi connectivity index (χ0) is 22.6. The number of amides is 2. The summed E-state index contributed by atoms with van der Waals surface area (Å²) in [6.45, 7) is 3.99. The number of hydrogen-bond donors (Lipinski definition) is 4. The van der Waals surface area contributed by atoms with Gasteiger partial charge in [0, 0.05) is 12.6 Å². The number of phenols is 1. The molecule has 3 rings (SSSR count). The van der Waals surface area contributed by atoms with Crippen molar-refractivity contribution in [3.8, 4) is 5.75 Å². The first-order chi connectivity index (χ1) is 14.7. The summed E-state index contributed by atoms with van der Waals surface area (Å²) in [5, 5.41) is 15.7. The van der Waals surface area contributed by atoms with Crippen LogP contribution in [0.4, 0.5) is 16.2 Å². The van der Waals surface area contributed by atoms with Gasteiger partial charge in [0.05, 0.1) is 21.4 Å². The van der Waals surface area contributed by atoms with E-state index in [0.717, 1.165) is 25.9 Å². The van der Waals surface area contributed by atoms with Crippen LogP contribution < -0.4 is 15.4 Å². The third kappa shape index (κ3) is 6.18. The van der Waals surface area contributed by atoms with Crippen LogP contribution in [-0.4, -0.2) is 50.1 Å². The second kappa shape index (κ2) is 11.4. The molecule has 0 saturated carbocycles. The molecular formula is C20H25Cl3N4O4S. The van der Waals surface area contributed by atoms with Crippen molar-refractivity contribution < 1.29 is 18.3 Å². The molecule has 0 bridgehead atoms. The molecule has 1 aliphatic heterocycles. The molecule has 176 valence electrons. The van der Waals surface area contributed by atoms with Gasteiger partial charge in [-0.25, -0.2) is 17.9 Å². The Balaban J connectivity index is 0.00000363. The average molecular weight is 524 g/mol. The highest BCUT2D eigenvalue weighted by Gasteiger charge is 2.29. The number of para-hydroxylation sites is 1. The molecule has 2 aromatic carbocycles. The van der Waals surface area contributed by atoms with Gasteiger partial charge >= 0.3 is 6.03 Å². The van der Waals surface area contributed by atoms with Crippen LogP contribution >= 0.6 is 35.6 Å². The first-order valence-electron chi connectivity index (χ1n) is 9.80. The normalized spacial score (nSPS) is 16.4. The smallest absolute Gasteiger partial charge is 0.323 e. The fraction of sp³-hybridized carbons (Fsp3) is 0.350. The van der Waals surface area contributed by atoms with Crippen LogP contribution in [0.2, 0.25) is 10.0 Å². The average Bonchev–Trinajstić information content (AvgIpc) is 3.18. The second-order valence-corrected chi connectivity index (χ2v) is 9.63. The van der Waals surface area contributed by atoms with Crippen LogP contribution in [0.5, 0.6) is 5.75 Å². The Hall–Kier alpha value is -1.75. The number of likely N-dealkylation sites (N-methyl/N-ethyl adjacent to an activating group) is 1. The Morgan fingerprint density at radius 1 is 1.12 bits per heavy atom. The molecule has 0 radical (unpaired) electrons. The van der Waals surface area contributed by atoms with Crippen molar-refractivity contribution in [3.63, 3.8) is 0 Å². The van der Waals surface area contributed by atoms with E-state index >= 15 is 0 Å². The summed E-state index contributed by atoms with van der Waals surface area (Å²) in [4.78, 5) is 14.0. The van der Waals surface area contributed by atoms with Gasteiger partial charge in [-0.15, -0.1) is 12.4 Å². The predicted octanol–water partition coefficient (Wildman–Crippen LogP) is 4.53. The summed E-state index contributed by atoms with van der Waals surface area (Å²) in [5.41, 5.74) is 0.257. The van der Waals surface area contributed by atoms with Crippen molar-refractivity contribution in [2.45, 2.75) is 30.7 Å². The van der Waals surface area contributed by atoms with Crippen LogP contribution in [-0.2, 0) is 10.0 Å². The highest BCUT2D eigenvalue weighted by atomic mass is 35.5. The molecular weight excluding hydrogens is 499 g/mol. The van der Waals surface area contributed by atoms with Gasteiger partial charge in [0.25, 0.3) is 0 Å². The number of nitrogens with one attached hydrogen (secondary N) is 3. The number of carbonyl (C=O) groups excluding carboxylic acids is 1. The molecule has 8 nitrogen and oxygen atoms in total. The fourth-order valence-corrected chi connectivity index (χ4v) is 5.45. The molecule has 1 unspecified atom stereocenters. The molecule has 0 aliphatic carbocycles. The summed E-state index contributed by atoms with van der Waals surface area (Å²) in [6, 6.07) is 8.62. The van der Waals surface area contributed by atoms with Gasteiger partial charge in [0.2, 0.25) is 10.0 Å². The summed E-state index contributed by atoms with van der Waals surface area (Å²) in [5.74, 6) is -0.645. The maximum absolute atomic E-state index is 12.9. The molecule has 32 heavy (non-hydrogen) atoms. The number of nitrogens with zero attached hydrogens (tertiary/aromatic N) is 1. The highest BCUT2D eigenvalue weighted by molar-refractivity contribution is 7.89. The summed E-state index contributed by atoms with van der Waals surface area (Å²) in [6.07, 6.45) is 1.89. The molecule has 1 fully saturated rings. The Morgan fingerprint density at radius 3 is 2.50 bits per heavy atom. The number of benzene rings is 2. The van der Waals surface area contributed by atoms with E-state index in [-0.39, 0.29) is 35.7 Å². The fourth-order valence-electron chi connectivity index (χ4n) is 3.56. The van der Waals surface area contributed by atoms with Crippen molar-refractivity contribution >= 4 is 63.0 Å². The standard InChI is InChI=1S/C20H24Cl2N4O4S.ClH/c1-2-26-11-5-6-13(26)12-23-31(29,30)19-15(22)9-10-17(18(19)27)25-20(28)24-16-8-4-3-7-14(16)21;/h3-4,7-10,13,23,27H,2,5-6,11-12H2,1H3,(H2,24,25,28);1H. The minimum absolute atomic E-state index is 0. The number of rotatable bonds is 7. The number of aromatic hydroxyl groups is 1. The number of sulfonamides is 1. The van der Waals surface area contributed by atoms with Crippen molar-refractivity contribution in [1.29, 1.82) is 0 Å². The van der Waals surface area contributed by atoms with Crippen LogP contribution in [0.3, 0.4) is 0 Å². The van der Waals surface area contributed by atoms with Gasteiger partial charge in [-0.05, 0) is 50.2 Å². The Bertz CT molecular complexity index is 1070. The van der Waals surface area contributed by atoms with E-state index < -0.39 is 26.7 Å². The SMILES string of the molecule is CCN1CCCC1CNS(=O)(=O)c1c(Cl)ccc(NC(=O)Nc2ccccc2Cl)c1O.Cl. The topological polar surface area (TPSA) is 111 Å². The van der Waals surface area contributed by atoms with Gasteiger partial charge in [0.1, 0.15) is 4.90 Å². The minimum atomic E-state index is -4.12. The van der Waals surface area contributed by atoms with Crippen LogP contribution in [0.25, 0.3) is 0 Å². The number of likely N-dealkylation sites (tertiary alicyclic amines) is 1. The zero-order valence-electron chi connectivity index (χ0n) is 17.3. The van der Waals surface area contributed by atoms with Crippen LogP contribution in [0.1, 0.15) is 19.8 Å². The zero-order valence-corrected chi connectivity index (χ0v) is 20.4. The lowest BCUT2D eigenvalue weighted by Crippen LogP contribution is -2.40. The number of anilines is 2. The molecule has 0 aromatic heterocycles. The number of halogens is 3. The second-order valence-electron chi connectivity index (χ2n) is 7.11. The molecule has 1 heterocycles. The number of hydrogen-bond acceptors (Lipinski definition) is 5. The van der Waals surface area contributed by atoms with Gasteiger partial charge in [0.15, 0.2) is 5.75 Å². The monoisotopic (exact) mass is 522 g/mol. The summed E-state index contributed by atoms with van der Waals surface area (Å²) >= 11 is 12.1. The van der Waals surface area contributed by atoms with E-state index in [2.05, 4.69) is 20.3 Å². The van der Waals surface area contributed by atoms with Gasteiger partial charge in [-0.2, -0.15) is 0 Å². The van der Waals surface area contributed by atoms with E-state index in [0.29, 0.717) is 10.7 Å². The summed E-state index contributed by atoms with van der Waals surface area (Å²) < 4.78 is 28.3. The van der Waals surface area contributed by atoms with Gasteiger partial charge < -0.3 is 15.7 Å². The predicted molar refractivity (Wildman–Crippen MR) is 130 cm³/mol. The molecule has 4 N–H and O–H groups in total. The van der Waals surface area contributed by atoms with E-state index in [9.17, 15) is 18.3 Å². The van der Waals surface area contributed by atoms with E-state index in [4.69, 9.17) is 23.2 Å². The van der Waals surface area contributed by atoms with Crippen molar-refractivity contribution in [1.82, 2.24) is 9.62 Å². The molecule has 2 amide bonds. The third-order valence-corrected chi connectivity index (χ3v) is 7.39. The van der Waals surface area contributed by atoms with Gasteiger partial charge in [-0.3, -0.25) is 4.90 Å². The highest BCUT2D eigenvalue weighted by Crippen LogP contribution is 2.37. The summed E-state index contributed by atoms with van der Waals surface area (Å²) in [7, 11) is -4.12. The Labute approximate surface area is 203 Å². The molecule has 1 saturated heterocycles. The van der Waals surface area contributed by atoms with Crippen LogP contribution in [0.15, 0.2) is 41.3 Å². The largest absolute Gasteiger partial charge is 0.504 e. The number of phenolic OH excluding ortho intramolecular Hbond substituents is 1. The maximum atomic E-state index is 12.9. The lowest BCUT2D eigenvalue weighted by atomic mass is 10.2. The van der Waals surface area contributed by atoms with Crippen molar-refractivity contribution in [2.24, 2.45) is 0 Å². The molecule has 12 heteroatoms. The lowest BCUT2D eigenvalue weighted by Gasteiger charge is -2.23. The third-order valence-electron chi connectivity index (χ3n) is 5.14. The minimum Gasteiger partial charge on any atom is -0.504 e. The van der Waals surface area contributed by atoms with Crippen molar-refractivity contribution in [3.05, 3.63) is 46.4 Å².